The number of methoxy groups -OCH3 is 1. The molecular formula is C37H44ClFN8O5. The predicted octanol–water partition coefficient (Wildman–Crippen LogP) is 3.69. The van der Waals surface area contributed by atoms with Crippen LogP contribution in [-0.2, 0) is 23.2 Å². The minimum absolute atomic E-state index is 0.154. The highest BCUT2D eigenvalue weighted by Gasteiger charge is 2.29. The number of carbonyl (C=O) groups is 2. The molecule has 0 radical (unpaired) electrons. The van der Waals surface area contributed by atoms with Crippen molar-refractivity contribution < 1.29 is 23.8 Å². The lowest BCUT2D eigenvalue weighted by atomic mass is 9.92. The number of hydrogen-bond donors (Lipinski definition) is 4. The standard InChI is InChI=1S/C37H44ClFN8O5/c1-44-20-26(25-19-40-43-35(25)37(44)51)23-16-28(38)27(32(17-23)52-2)21-45-11-13-47(14-12-45)34(49)15-22-7-9-46(10-8-22)31-5-3-24(18-29(31)39)41-30-4-6-33(48)42-36(30)50/h3,5,16-20,22,30,33,41,48H,4,6-15,21H2,1-2H3,(H,40,43)(H,42,50). The number of nitrogens with zero attached hydrogens (tertiary/aromatic N) is 5. The lowest BCUT2D eigenvalue weighted by molar-refractivity contribution is -0.134. The summed E-state index contributed by atoms with van der Waals surface area (Å²) in [6.07, 6.45) is 5.57. The topological polar surface area (TPSA) is 148 Å². The van der Waals surface area contributed by atoms with Gasteiger partial charge in [0.1, 0.15) is 29.4 Å². The van der Waals surface area contributed by atoms with E-state index in [1.165, 1.54) is 10.6 Å². The number of aromatic amines is 1. The first-order chi connectivity index (χ1) is 25.1. The number of H-pyrrole nitrogens is 1. The summed E-state index contributed by atoms with van der Waals surface area (Å²) < 4.78 is 22.5. The predicted molar refractivity (Wildman–Crippen MR) is 197 cm³/mol. The maximum atomic E-state index is 15.2. The summed E-state index contributed by atoms with van der Waals surface area (Å²) in [5.74, 6) is 0.389. The number of nitrogens with one attached hydrogen (secondary N) is 3. The van der Waals surface area contributed by atoms with E-state index in [1.807, 2.05) is 21.9 Å². The number of aryl methyl sites for hydroxylation is 1. The molecule has 2 aromatic heterocycles. The van der Waals surface area contributed by atoms with Crippen LogP contribution in [0.4, 0.5) is 15.8 Å². The third kappa shape index (κ3) is 7.46. The van der Waals surface area contributed by atoms with Crippen molar-refractivity contribution in [2.75, 3.05) is 56.6 Å². The Morgan fingerprint density at radius 1 is 1.08 bits per heavy atom. The number of piperidine rings is 2. The number of aromatic nitrogens is 3. The molecule has 3 aliphatic heterocycles. The summed E-state index contributed by atoms with van der Waals surface area (Å²) >= 11 is 6.87. The zero-order valence-corrected chi connectivity index (χ0v) is 30.1. The average molecular weight is 735 g/mol. The van der Waals surface area contributed by atoms with Gasteiger partial charge < -0.3 is 34.8 Å². The second-order valence-electron chi connectivity index (χ2n) is 14.0. The number of hydrogen-bond acceptors (Lipinski definition) is 9. The van der Waals surface area contributed by atoms with Gasteiger partial charge in [0.15, 0.2) is 0 Å². The normalized spacial score (nSPS) is 20.3. The number of carbonyl (C=O) groups excluding carboxylic acids is 2. The minimum atomic E-state index is -0.836. The Morgan fingerprint density at radius 3 is 2.56 bits per heavy atom. The van der Waals surface area contributed by atoms with Gasteiger partial charge in [0.25, 0.3) is 5.56 Å². The van der Waals surface area contributed by atoms with E-state index in [9.17, 15) is 19.5 Å². The number of aliphatic hydroxyl groups is 1. The van der Waals surface area contributed by atoms with E-state index in [0.717, 1.165) is 29.5 Å². The quantitative estimate of drug-likeness (QED) is 0.202. The Balaban J connectivity index is 0.896. The molecule has 5 heterocycles. The molecular weight excluding hydrogens is 691 g/mol. The number of aliphatic hydroxyl groups excluding tert-OH is 1. The third-order valence-electron chi connectivity index (χ3n) is 10.6. The van der Waals surface area contributed by atoms with Gasteiger partial charge in [-0.25, -0.2) is 4.39 Å². The lowest BCUT2D eigenvalue weighted by Crippen LogP contribution is -2.49. The first-order valence-corrected chi connectivity index (χ1v) is 18.1. The molecule has 0 aliphatic carbocycles. The van der Waals surface area contributed by atoms with E-state index < -0.39 is 12.3 Å². The molecule has 276 valence electrons. The fraction of sp³-hybridized carbons (Fsp3) is 0.459. The molecule has 4 N–H and O–H groups in total. The Morgan fingerprint density at radius 2 is 1.85 bits per heavy atom. The van der Waals surface area contributed by atoms with Gasteiger partial charge in [-0.15, -0.1) is 0 Å². The third-order valence-corrected chi connectivity index (χ3v) is 11.0. The zero-order valence-electron chi connectivity index (χ0n) is 29.3. The van der Waals surface area contributed by atoms with Crippen LogP contribution in [0.5, 0.6) is 5.75 Å². The van der Waals surface area contributed by atoms with E-state index >= 15 is 4.39 Å². The van der Waals surface area contributed by atoms with Crippen LogP contribution in [0.2, 0.25) is 5.02 Å². The number of fused-ring (bicyclic) bond motifs is 1. The molecule has 0 spiro atoms. The molecule has 13 nitrogen and oxygen atoms in total. The highest BCUT2D eigenvalue weighted by molar-refractivity contribution is 6.32. The number of halogens is 2. The van der Waals surface area contributed by atoms with Crippen LogP contribution in [0.25, 0.3) is 22.0 Å². The van der Waals surface area contributed by atoms with Crippen LogP contribution in [0, 0.1) is 11.7 Å². The maximum Gasteiger partial charge on any atom is 0.276 e. The SMILES string of the molecule is COc1cc(-c2cn(C)c(=O)c3[nH]ncc23)cc(Cl)c1CN1CCN(C(=O)CC2CCN(c3ccc(NC4CCC(O)NC4=O)cc3F)CC2)CC1. The van der Waals surface area contributed by atoms with Crippen LogP contribution >= 0.6 is 11.6 Å². The van der Waals surface area contributed by atoms with Crippen molar-refractivity contribution in [1.82, 2.24) is 29.9 Å². The van der Waals surface area contributed by atoms with Gasteiger partial charge in [0.05, 0.1) is 19.0 Å². The van der Waals surface area contributed by atoms with Gasteiger partial charge in [0.2, 0.25) is 11.8 Å². The van der Waals surface area contributed by atoms with Crippen molar-refractivity contribution >= 4 is 45.7 Å². The Labute approximate surface area is 305 Å². The smallest absolute Gasteiger partial charge is 0.276 e. The Hall–Kier alpha value is -4.66. The first kappa shape index (κ1) is 35.7. The van der Waals surface area contributed by atoms with Crippen LogP contribution < -0.4 is 25.8 Å². The molecule has 2 aromatic carbocycles. The number of piperazine rings is 1. The van der Waals surface area contributed by atoms with Crippen molar-refractivity contribution in [2.24, 2.45) is 13.0 Å². The number of rotatable bonds is 9. The van der Waals surface area contributed by atoms with Gasteiger partial charge in [-0.2, -0.15) is 5.10 Å². The summed E-state index contributed by atoms with van der Waals surface area (Å²) in [5, 5.41) is 23.3. The molecule has 4 aromatic rings. The number of pyridine rings is 1. The van der Waals surface area contributed by atoms with Gasteiger partial charge in [-0.1, -0.05) is 11.6 Å². The molecule has 2 atom stereocenters. The molecule has 15 heteroatoms. The molecule has 3 saturated heterocycles. The molecule has 0 saturated carbocycles. The van der Waals surface area contributed by atoms with Crippen molar-refractivity contribution in [3.63, 3.8) is 0 Å². The average Bonchev–Trinajstić information content (AvgIpc) is 3.63. The van der Waals surface area contributed by atoms with Crippen LogP contribution in [-0.4, -0.2) is 100 Å². The van der Waals surface area contributed by atoms with Crippen LogP contribution in [0.15, 0.2) is 47.5 Å². The fourth-order valence-corrected chi connectivity index (χ4v) is 7.87. The number of anilines is 2. The summed E-state index contributed by atoms with van der Waals surface area (Å²) in [6.45, 7) is 4.56. The van der Waals surface area contributed by atoms with E-state index in [0.29, 0.717) is 98.1 Å². The number of amides is 2. The molecule has 3 fully saturated rings. The maximum absolute atomic E-state index is 15.2. The highest BCUT2D eigenvalue weighted by Crippen LogP contribution is 2.36. The van der Waals surface area contributed by atoms with Crippen LogP contribution in [0.3, 0.4) is 0 Å². The van der Waals surface area contributed by atoms with Gasteiger partial charge >= 0.3 is 0 Å². The molecule has 0 bridgehead atoms. The minimum Gasteiger partial charge on any atom is -0.496 e. The molecule has 7 rings (SSSR count). The zero-order chi connectivity index (χ0) is 36.5. The second kappa shape index (κ2) is 15.1. The van der Waals surface area contributed by atoms with E-state index in [2.05, 4.69) is 25.7 Å². The molecule has 2 amide bonds. The highest BCUT2D eigenvalue weighted by atomic mass is 35.5. The van der Waals surface area contributed by atoms with Crippen molar-refractivity contribution in [1.29, 1.82) is 0 Å². The van der Waals surface area contributed by atoms with Crippen molar-refractivity contribution in [3.05, 3.63) is 69.5 Å². The monoisotopic (exact) mass is 734 g/mol. The summed E-state index contributed by atoms with van der Waals surface area (Å²) in [4.78, 5) is 44.2. The summed E-state index contributed by atoms with van der Waals surface area (Å²) in [6, 6.07) is 8.24. The molecule has 2 unspecified atom stereocenters. The van der Waals surface area contributed by atoms with E-state index in [1.54, 1.807) is 38.7 Å². The van der Waals surface area contributed by atoms with Crippen molar-refractivity contribution in [2.45, 2.75) is 50.9 Å². The summed E-state index contributed by atoms with van der Waals surface area (Å²) in [7, 11) is 3.32. The molecule has 52 heavy (non-hydrogen) atoms. The van der Waals surface area contributed by atoms with Crippen molar-refractivity contribution in [3.8, 4) is 16.9 Å². The largest absolute Gasteiger partial charge is 0.496 e. The van der Waals surface area contributed by atoms with Gasteiger partial charge in [-0.3, -0.25) is 24.4 Å². The van der Waals surface area contributed by atoms with Gasteiger partial charge in [0, 0.05) is 92.7 Å². The van der Waals surface area contributed by atoms with Crippen LogP contribution in [0.1, 0.15) is 37.7 Å². The fourth-order valence-electron chi connectivity index (χ4n) is 7.60. The lowest BCUT2D eigenvalue weighted by Gasteiger charge is -2.37. The molecule has 3 aliphatic rings. The Kier molecular flexibility index (Phi) is 10.4. The first-order valence-electron chi connectivity index (χ1n) is 17.8. The number of benzene rings is 2. The summed E-state index contributed by atoms with van der Waals surface area (Å²) in [5.41, 5.74) is 3.82. The van der Waals surface area contributed by atoms with E-state index in [4.69, 9.17) is 16.3 Å². The Bertz CT molecular complexity index is 2020. The number of ether oxygens (including phenoxy) is 1. The van der Waals surface area contributed by atoms with E-state index in [-0.39, 0.29) is 29.1 Å². The van der Waals surface area contributed by atoms with Gasteiger partial charge in [-0.05, 0) is 67.5 Å². The second-order valence-corrected chi connectivity index (χ2v) is 14.4.